The summed E-state index contributed by atoms with van der Waals surface area (Å²) < 4.78 is 228. The Morgan fingerprint density at radius 3 is 1.19 bits per heavy atom. The van der Waals surface area contributed by atoms with Gasteiger partial charge in [0.15, 0.2) is 8.07 Å². The highest BCUT2D eigenvalue weighted by Gasteiger charge is 2.95. The van der Waals surface area contributed by atoms with E-state index in [4.69, 9.17) is 0 Å². The first kappa shape index (κ1) is 32.0. The third-order valence-corrected chi connectivity index (χ3v) is 7.96. The highest BCUT2D eigenvalue weighted by Crippen LogP contribution is 2.64. The van der Waals surface area contributed by atoms with Crippen LogP contribution in [0.1, 0.15) is 5.56 Å². The van der Waals surface area contributed by atoms with Crippen LogP contribution in [-0.2, 0) is 0 Å². The average molecular weight is 580 g/mol. The number of halogens is 17. The van der Waals surface area contributed by atoms with E-state index in [1.165, 1.54) is 30.3 Å². The molecule has 208 valence electrons. The number of rotatable bonds is 9. The molecule has 1 rings (SSSR count). The molecule has 0 atom stereocenters. The van der Waals surface area contributed by atoms with E-state index in [1.807, 2.05) is 0 Å². The molecular formula is C18H13F17Si. The van der Waals surface area contributed by atoms with Gasteiger partial charge in [-0.15, -0.1) is 0 Å². The van der Waals surface area contributed by atoms with Crippen molar-refractivity contribution in [3.05, 3.63) is 41.6 Å². The molecule has 0 fully saturated rings. The van der Waals surface area contributed by atoms with E-state index >= 15 is 0 Å². The van der Waals surface area contributed by atoms with Crippen molar-refractivity contribution in [1.82, 2.24) is 0 Å². The lowest BCUT2D eigenvalue weighted by Gasteiger charge is -2.45. The topological polar surface area (TPSA) is 0 Å². The van der Waals surface area contributed by atoms with Gasteiger partial charge in [0.25, 0.3) is 5.55 Å². The molecule has 0 nitrogen and oxygen atoms in total. The second-order valence-corrected chi connectivity index (χ2v) is 12.4. The maximum absolute atomic E-state index is 14.5. The zero-order valence-corrected chi connectivity index (χ0v) is 18.5. The Labute approximate surface area is 191 Å². The van der Waals surface area contributed by atoms with Crippen LogP contribution in [0.25, 0.3) is 6.08 Å². The maximum atomic E-state index is 14.5. The zero-order chi connectivity index (χ0) is 29.0. The fourth-order valence-electron chi connectivity index (χ4n) is 2.54. The Morgan fingerprint density at radius 1 is 0.500 bits per heavy atom. The summed E-state index contributed by atoms with van der Waals surface area (Å²) in [5.74, 6) is -49.8. The first-order valence-corrected chi connectivity index (χ1v) is 12.1. The number of benzene rings is 1. The van der Waals surface area contributed by atoms with Crippen molar-refractivity contribution in [3.8, 4) is 0 Å². The van der Waals surface area contributed by atoms with Crippen LogP contribution in [0.4, 0.5) is 74.6 Å². The molecule has 0 amide bonds. The van der Waals surface area contributed by atoms with Crippen LogP contribution in [-0.4, -0.2) is 55.3 Å². The molecular weight excluding hydrogens is 567 g/mol. The number of alkyl halides is 17. The molecule has 0 bridgehead atoms. The van der Waals surface area contributed by atoms with E-state index in [0.717, 1.165) is 0 Å². The largest absolute Gasteiger partial charge is 0.460 e. The summed E-state index contributed by atoms with van der Waals surface area (Å²) in [6.45, 7) is 0.304. The highest BCUT2D eigenvalue weighted by atomic mass is 28.3. The van der Waals surface area contributed by atoms with Gasteiger partial charge in [-0.1, -0.05) is 55.2 Å². The van der Waals surface area contributed by atoms with Crippen molar-refractivity contribution in [3.63, 3.8) is 0 Å². The lowest BCUT2D eigenvalue weighted by atomic mass is 9.91. The van der Waals surface area contributed by atoms with E-state index in [-0.39, 0.29) is 24.4 Å². The van der Waals surface area contributed by atoms with Gasteiger partial charge in [-0.25, -0.2) is 8.78 Å². The van der Waals surface area contributed by atoms with Crippen molar-refractivity contribution in [2.45, 2.75) is 60.4 Å². The molecule has 0 heterocycles. The van der Waals surface area contributed by atoms with Crippen molar-refractivity contribution >= 4 is 14.1 Å². The van der Waals surface area contributed by atoms with Crippen molar-refractivity contribution in [1.29, 1.82) is 0 Å². The van der Waals surface area contributed by atoms with Gasteiger partial charge < -0.3 is 0 Å². The van der Waals surface area contributed by atoms with Gasteiger partial charge in [-0.3, -0.25) is 0 Å². The minimum Gasteiger partial charge on any atom is -0.204 e. The molecule has 18 heteroatoms. The third-order valence-electron chi connectivity index (χ3n) is 5.02. The normalized spacial score (nSPS) is 16.1. The number of hydrogen-bond acceptors (Lipinski definition) is 0. The van der Waals surface area contributed by atoms with Gasteiger partial charge in [0.1, 0.15) is 0 Å². The van der Waals surface area contributed by atoms with Gasteiger partial charge >= 0.3 is 41.7 Å². The van der Waals surface area contributed by atoms with Crippen LogP contribution in [0, 0.1) is 0 Å². The molecule has 0 aromatic heterocycles. The summed E-state index contributed by atoms with van der Waals surface area (Å²) in [4.78, 5) is 0. The van der Waals surface area contributed by atoms with E-state index in [2.05, 4.69) is 0 Å². The quantitative estimate of drug-likeness (QED) is 0.203. The molecule has 0 spiro atoms. The van der Waals surface area contributed by atoms with Gasteiger partial charge in [-0.05, 0) is 5.56 Å². The van der Waals surface area contributed by atoms with Crippen LogP contribution >= 0.6 is 0 Å². The molecule has 1 aromatic carbocycles. The molecule has 1 aromatic rings. The molecule has 0 radical (unpaired) electrons. The fourth-order valence-corrected chi connectivity index (χ4v) is 4.33. The molecule has 0 aliphatic carbocycles. The Morgan fingerprint density at radius 2 is 0.833 bits per heavy atom. The average Bonchev–Trinajstić information content (AvgIpc) is 2.71. The fraction of sp³-hybridized carbons (Fsp3) is 0.556. The van der Waals surface area contributed by atoms with E-state index in [1.54, 1.807) is 0 Å². The second kappa shape index (κ2) is 8.78. The monoisotopic (exact) mass is 580 g/mol. The molecule has 0 saturated carbocycles. The minimum atomic E-state index is -8.62. The van der Waals surface area contributed by atoms with Crippen LogP contribution in [0.15, 0.2) is 36.0 Å². The van der Waals surface area contributed by atoms with Gasteiger partial charge in [-0.2, -0.15) is 65.9 Å². The van der Waals surface area contributed by atoms with E-state index in [9.17, 15) is 74.6 Å². The lowest BCUT2D eigenvalue weighted by Crippen LogP contribution is -2.76. The standard InChI is InChI=1S/C18H13F17Si/c1-36(2,9-8-10-6-4-3-5-7-10)18(34,35)16(29,30)14(25,26)12(21,22)11(19,20)13(23,24)15(27,28)17(31,32)33/h3-9H,1-2H3. The second-order valence-electron chi connectivity index (χ2n) is 7.98. The molecule has 0 aliphatic heterocycles. The van der Waals surface area contributed by atoms with Crippen molar-refractivity contribution in [2.75, 3.05) is 0 Å². The molecule has 0 N–H and O–H groups in total. The first-order valence-electron chi connectivity index (χ1n) is 9.03. The van der Waals surface area contributed by atoms with Gasteiger partial charge in [0.05, 0.1) is 0 Å². The number of hydrogen-bond donors (Lipinski definition) is 0. The smallest absolute Gasteiger partial charge is 0.204 e. The first-order chi connectivity index (χ1) is 15.6. The summed E-state index contributed by atoms with van der Waals surface area (Å²) >= 11 is 0. The predicted molar refractivity (Wildman–Crippen MR) is 93.6 cm³/mol. The highest BCUT2D eigenvalue weighted by molar-refractivity contribution is 6.85. The minimum absolute atomic E-state index is 0.0187. The predicted octanol–water partition coefficient (Wildman–Crippen LogP) is 8.50. The molecule has 36 heavy (non-hydrogen) atoms. The Bertz CT molecular complexity index is 944. The van der Waals surface area contributed by atoms with Crippen LogP contribution < -0.4 is 0 Å². The van der Waals surface area contributed by atoms with Crippen LogP contribution in [0.3, 0.4) is 0 Å². The SMILES string of the molecule is C[Si](C)(C=Cc1ccccc1)C(F)(F)C(F)(F)C(F)(F)C(F)(F)C(F)(F)C(F)(F)C(F)(F)C(F)(F)F. The lowest BCUT2D eigenvalue weighted by molar-refractivity contribution is -0.458. The van der Waals surface area contributed by atoms with Crippen LogP contribution in [0.5, 0.6) is 0 Å². The Balaban J connectivity index is 3.65. The molecule has 0 saturated heterocycles. The molecule has 0 aliphatic rings. The van der Waals surface area contributed by atoms with Crippen molar-refractivity contribution < 1.29 is 74.6 Å². The van der Waals surface area contributed by atoms with Crippen molar-refractivity contribution in [2.24, 2.45) is 0 Å². The summed E-state index contributed by atoms with van der Waals surface area (Å²) in [6.07, 6.45) is -7.13. The Hall–Kier alpha value is -2.01. The van der Waals surface area contributed by atoms with Gasteiger partial charge in [0, 0.05) is 0 Å². The summed E-state index contributed by atoms with van der Waals surface area (Å²) in [7, 11) is -5.45. The van der Waals surface area contributed by atoms with Crippen LogP contribution in [0.2, 0.25) is 13.1 Å². The van der Waals surface area contributed by atoms with E-state index in [0.29, 0.717) is 6.08 Å². The summed E-state index contributed by atoms with van der Waals surface area (Å²) in [5, 5.41) is 0. The Kier molecular flexibility index (Phi) is 7.81. The zero-order valence-electron chi connectivity index (χ0n) is 17.5. The maximum Gasteiger partial charge on any atom is 0.460 e. The summed E-state index contributed by atoms with van der Waals surface area (Å²) in [6, 6.07) is 6.31. The third kappa shape index (κ3) is 4.35. The van der Waals surface area contributed by atoms with E-state index < -0.39 is 55.3 Å². The van der Waals surface area contributed by atoms with Gasteiger partial charge in [0.2, 0.25) is 0 Å². The summed E-state index contributed by atoms with van der Waals surface area (Å²) in [5.41, 5.74) is -6.22. The molecule has 0 unspecified atom stereocenters.